The summed E-state index contributed by atoms with van der Waals surface area (Å²) in [6.07, 6.45) is 2.71. The summed E-state index contributed by atoms with van der Waals surface area (Å²) in [5.41, 5.74) is 8.01. The minimum absolute atomic E-state index is 0.718. The molecular weight excluding hydrogens is 276 g/mol. The first kappa shape index (κ1) is 12.9. The Morgan fingerprint density at radius 3 is 2.71 bits per heavy atom. The maximum absolute atomic E-state index is 5.86. The highest BCUT2D eigenvalue weighted by atomic mass is 79.9. The molecule has 0 aromatic heterocycles. The molecule has 0 aliphatic heterocycles. The van der Waals surface area contributed by atoms with Gasteiger partial charge in [0.25, 0.3) is 0 Å². The van der Waals surface area contributed by atoms with Crippen molar-refractivity contribution in [3.63, 3.8) is 0 Å². The zero-order valence-electron chi connectivity index (χ0n) is 10.6. The molecule has 2 rings (SSSR count). The number of nitrogens with two attached hydrogens (primary N) is 1. The Labute approximate surface area is 112 Å². The predicted molar refractivity (Wildman–Crippen MR) is 76.8 cm³/mol. The van der Waals surface area contributed by atoms with E-state index >= 15 is 0 Å². The highest BCUT2D eigenvalue weighted by Gasteiger charge is 2.29. The van der Waals surface area contributed by atoms with Gasteiger partial charge in [0.05, 0.1) is 0 Å². The summed E-state index contributed by atoms with van der Waals surface area (Å²) in [7, 11) is 0. The Morgan fingerprint density at radius 2 is 2.12 bits per heavy atom. The van der Waals surface area contributed by atoms with Crippen molar-refractivity contribution in [1.82, 2.24) is 4.90 Å². The van der Waals surface area contributed by atoms with Crippen molar-refractivity contribution in [1.29, 1.82) is 0 Å². The van der Waals surface area contributed by atoms with Crippen molar-refractivity contribution >= 4 is 21.6 Å². The maximum Gasteiger partial charge on any atom is 0.0318 e. The molecule has 0 heterocycles. The van der Waals surface area contributed by atoms with Crippen LogP contribution in [0.25, 0.3) is 0 Å². The van der Waals surface area contributed by atoms with E-state index in [2.05, 4.69) is 40.7 Å². The lowest BCUT2D eigenvalue weighted by Gasteiger charge is -2.24. The molecule has 1 aromatic rings. The van der Waals surface area contributed by atoms with E-state index in [1.54, 1.807) is 0 Å². The van der Waals surface area contributed by atoms with Crippen LogP contribution in [-0.2, 0) is 6.54 Å². The van der Waals surface area contributed by atoms with Crippen molar-refractivity contribution in [3.05, 3.63) is 28.2 Å². The van der Waals surface area contributed by atoms with Gasteiger partial charge in [-0.15, -0.1) is 0 Å². The smallest absolute Gasteiger partial charge is 0.0318 e. The van der Waals surface area contributed by atoms with Gasteiger partial charge in [-0.2, -0.15) is 0 Å². The van der Waals surface area contributed by atoms with Gasteiger partial charge >= 0.3 is 0 Å². The molecule has 0 unspecified atom stereocenters. The van der Waals surface area contributed by atoms with Crippen LogP contribution in [-0.4, -0.2) is 17.5 Å². The van der Waals surface area contributed by atoms with Crippen LogP contribution in [0.2, 0.25) is 0 Å². The fourth-order valence-electron chi connectivity index (χ4n) is 2.19. The second kappa shape index (κ2) is 5.40. The quantitative estimate of drug-likeness (QED) is 0.841. The zero-order chi connectivity index (χ0) is 12.4. The van der Waals surface area contributed by atoms with Crippen LogP contribution in [0.15, 0.2) is 22.7 Å². The molecule has 0 amide bonds. The molecule has 0 atom stereocenters. The highest BCUT2D eigenvalue weighted by molar-refractivity contribution is 9.10. The number of halogens is 1. The summed E-state index contributed by atoms with van der Waals surface area (Å²) >= 11 is 3.61. The molecule has 0 saturated heterocycles. The topological polar surface area (TPSA) is 29.3 Å². The summed E-state index contributed by atoms with van der Waals surface area (Å²) < 4.78 is 1.17. The average Bonchev–Trinajstić information content (AvgIpc) is 3.05. The van der Waals surface area contributed by atoms with Crippen LogP contribution in [0.5, 0.6) is 0 Å². The molecule has 2 N–H and O–H groups in total. The van der Waals surface area contributed by atoms with Gasteiger partial charge in [0.2, 0.25) is 0 Å². The third-order valence-corrected chi connectivity index (χ3v) is 3.88. The number of nitrogen functional groups attached to an aromatic ring is 1. The Bertz CT molecular complexity index is 386. The van der Waals surface area contributed by atoms with Crippen molar-refractivity contribution < 1.29 is 0 Å². The van der Waals surface area contributed by atoms with Crippen LogP contribution in [0, 0.1) is 5.92 Å². The van der Waals surface area contributed by atoms with E-state index in [4.69, 9.17) is 5.73 Å². The van der Waals surface area contributed by atoms with E-state index in [9.17, 15) is 0 Å². The molecule has 1 aliphatic carbocycles. The molecule has 3 heteroatoms. The molecule has 17 heavy (non-hydrogen) atoms. The normalized spacial score (nSPS) is 15.8. The fraction of sp³-hybridized carbons (Fsp3) is 0.571. The first-order chi connectivity index (χ1) is 8.06. The first-order valence-corrected chi connectivity index (χ1v) is 7.13. The molecule has 0 radical (unpaired) electrons. The monoisotopic (exact) mass is 296 g/mol. The molecule has 0 spiro atoms. The highest BCUT2D eigenvalue weighted by Crippen LogP contribution is 2.31. The number of hydrogen-bond donors (Lipinski definition) is 1. The Kier molecular flexibility index (Phi) is 4.10. The number of nitrogens with zero attached hydrogens (tertiary/aromatic N) is 1. The summed E-state index contributed by atoms with van der Waals surface area (Å²) in [5.74, 6) is 0.718. The maximum atomic E-state index is 5.86. The fourth-order valence-corrected chi connectivity index (χ4v) is 2.56. The van der Waals surface area contributed by atoms with Crippen molar-refractivity contribution in [2.45, 2.75) is 39.3 Å². The van der Waals surface area contributed by atoms with Gasteiger partial charge in [0.1, 0.15) is 0 Å². The Hall–Kier alpha value is -0.540. The van der Waals surface area contributed by atoms with E-state index in [0.717, 1.165) is 24.2 Å². The minimum atomic E-state index is 0.718. The summed E-state index contributed by atoms with van der Waals surface area (Å²) in [6, 6.07) is 6.87. The van der Waals surface area contributed by atoms with Gasteiger partial charge in [-0.25, -0.2) is 0 Å². The van der Waals surface area contributed by atoms with Gasteiger partial charge in [-0.3, -0.25) is 4.90 Å². The van der Waals surface area contributed by atoms with Gasteiger partial charge in [-0.1, -0.05) is 29.8 Å². The van der Waals surface area contributed by atoms with E-state index < -0.39 is 0 Å². The first-order valence-electron chi connectivity index (χ1n) is 6.34. The third kappa shape index (κ3) is 3.71. The van der Waals surface area contributed by atoms with Gasteiger partial charge in [-0.05, 0) is 42.5 Å². The number of benzene rings is 1. The molecular formula is C14H21BrN2. The molecule has 0 bridgehead atoms. The average molecular weight is 297 g/mol. The minimum Gasteiger partial charge on any atom is -0.399 e. The summed E-state index contributed by atoms with van der Waals surface area (Å²) in [4.78, 5) is 2.59. The van der Waals surface area contributed by atoms with Gasteiger partial charge in [0, 0.05) is 29.3 Å². The molecule has 1 fully saturated rings. The molecule has 1 aromatic carbocycles. The van der Waals surface area contributed by atoms with Crippen LogP contribution >= 0.6 is 15.9 Å². The molecule has 1 aliphatic rings. The van der Waals surface area contributed by atoms with Crippen molar-refractivity contribution in [3.8, 4) is 0 Å². The van der Waals surface area contributed by atoms with E-state index in [0.29, 0.717) is 0 Å². The van der Waals surface area contributed by atoms with Crippen molar-refractivity contribution in [2.75, 3.05) is 12.3 Å². The summed E-state index contributed by atoms with van der Waals surface area (Å²) in [6.45, 7) is 6.74. The second-order valence-corrected chi connectivity index (χ2v) is 6.26. The predicted octanol–water partition coefficient (Wildman–Crippen LogP) is 3.65. The Balaban J connectivity index is 2.08. The van der Waals surface area contributed by atoms with Crippen LogP contribution in [0.3, 0.4) is 0 Å². The molecule has 2 nitrogen and oxygen atoms in total. The SMILES string of the molecule is CC(C)CN(Cc1cc(N)ccc1Br)C1CC1. The third-order valence-electron chi connectivity index (χ3n) is 3.11. The number of rotatable bonds is 5. The lowest BCUT2D eigenvalue weighted by molar-refractivity contribution is 0.225. The van der Waals surface area contributed by atoms with E-state index in [-0.39, 0.29) is 0 Å². The Morgan fingerprint density at radius 1 is 1.41 bits per heavy atom. The van der Waals surface area contributed by atoms with Crippen LogP contribution in [0.1, 0.15) is 32.3 Å². The number of anilines is 1. The van der Waals surface area contributed by atoms with Crippen LogP contribution in [0.4, 0.5) is 5.69 Å². The number of hydrogen-bond acceptors (Lipinski definition) is 2. The van der Waals surface area contributed by atoms with E-state index in [1.807, 2.05) is 12.1 Å². The standard InChI is InChI=1S/C14H21BrN2/c1-10(2)8-17(13-4-5-13)9-11-7-12(16)3-6-14(11)15/h3,6-7,10,13H,4-5,8-9,16H2,1-2H3. The van der Waals surface area contributed by atoms with Crippen molar-refractivity contribution in [2.24, 2.45) is 5.92 Å². The lowest BCUT2D eigenvalue weighted by Crippen LogP contribution is -2.29. The second-order valence-electron chi connectivity index (χ2n) is 5.41. The lowest BCUT2D eigenvalue weighted by atomic mass is 10.1. The van der Waals surface area contributed by atoms with E-state index in [1.165, 1.54) is 29.4 Å². The molecule has 1 saturated carbocycles. The molecule has 94 valence electrons. The zero-order valence-corrected chi connectivity index (χ0v) is 12.2. The van der Waals surface area contributed by atoms with Gasteiger partial charge in [0.15, 0.2) is 0 Å². The summed E-state index contributed by atoms with van der Waals surface area (Å²) in [5, 5.41) is 0. The van der Waals surface area contributed by atoms with Gasteiger partial charge < -0.3 is 5.73 Å². The van der Waals surface area contributed by atoms with Crippen LogP contribution < -0.4 is 5.73 Å². The largest absolute Gasteiger partial charge is 0.399 e.